The summed E-state index contributed by atoms with van der Waals surface area (Å²) >= 11 is 0. The number of nitriles is 1. The Hall–Kier alpha value is -3.29. The van der Waals surface area contributed by atoms with E-state index in [1.165, 1.54) is 115 Å². The molecule has 11 atom stereocenters. The van der Waals surface area contributed by atoms with Crippen LogP contribution in [0.15, 0.2) is 66.8 Å². The predicted octanol–water partition coefficient (Wildman–Crippen LogP) is 11.0. The maximum Gasteiger partial charge on any atom is 0.0857 e. The number of piperidine rings is 1. The van der Waals surface area contributed by atoms with Gasteiger partial charge in [-0.3, -0.25) is 5.32 Å². The number of aromatic nitrogens is 1. The highest BCUT2D eigenvalue weighted by Crippen LogP contribution is 2.53. The third-order valence-corrected chi connectivity index (χ3v) is 15.5. The summed E-state index contributed by atoms with van der Waals surface area (Å²) in [4.78, 5) is 2.88. The summed E-state index contributed by atoms with van der Waals surface area (Å²) in [5.41, 5.74) is 9.65. The van der Waals surface area contributed by atoms with Gasteiger partial charge < -0.3 is 9.47 Å². The average Bonchev–Trinajstić information content (AvgIpc) is 3.74. The molecule has 1 saturated heterocycles. The summed E-state index contributed by atoms with van der Waals surface area (Å²) in [5.74, 6) is 5.02. The lowest BCUT2D eigenvalue weighted by Gasteiger charge is -2.51. The van der Waals surface area contributed by atoms with Gasteiger partial charge in [0.25, 0.3) is 0 Å². The first-order valence-electron chi connectivity index (χ1n) is 21.7. The number of para-hydroxylation sites is 1. The predicted molar refractivity (Wildman–Crippen MR) is 213 cm³/mol. The van der Waals surface area contributed by atoms with Gasteiger partial charge in [0.15, 0.2) is 0 Å². The second kappa shape index (κ2) is 14.2. The van der Waals surface area contributed by atoms with E-state index in [1.807, 2.05) is 0 Å². The van der Waals surface area contributed by atoms with Gasteiger partial charge in [0.2, 0.25) is 0 Å². The molecule has 1 saturated carbocycles. The summed E-state index contributed by atoms with van der Waals surface area (Å²) in [6.07, 6.45) is 43.6. The second-order valence-corrected chi connectivity index (χ2v) is 18.0. The molecule has 10 rings (SSSR count). The van der Waals surface area contributed by atoms with Gasteiger partial charge in [-0.2, -0.15) is 5.26 Å². The van der Waals surface area contributed by atoms with Crippen molar-refractivity contribution in [1.29, 1.82) is 5.26 Å². The molecule has 0 spiro atoms. The fourth-order valence-electron chi connectivity index (χ4n) is 13.3. The van der Waals surface area contributed by atoms with Crippen LogP contribution in [-0.2, 0) is 19.3 Å². The van der Waals surface area contributed by atoms with Crippen molar-refractivity contribution in [2.45, 2.75) is 140 Å². The quantitative estimate of drug-likeness (QED) is 0.317. The maximum atomic E-state index is 9.63. The number of fused-ring (bicyclic) bond motifs is 6. The second-order valence-electron chi connectivity index (χ2n) is 18.0. The van der Waals surface area contributed by atoms with Crippen molar-refractivity contribution < 1.29 is 0 Å². The van der Waals surface area contributed by atoms with Gasteiger partial charge in [-0.25, -0.2) is 0 Å². The van der Waals surface area contributed by atoms with Crippen LogP contribution >= 0.6 is 0 Å². The van der Waals surface area contributed by atoms with E-state index in [2.05, 4.69) is 93.7 Å². The van der Waals surface area contributed by atoms with E-state index < -0.39 is 0 Å². The third kappa shape index (κ3) is 5.71. The molecule has 1 aromatic heterocycles. The Balaban J connectivity index is 1.04. The minimum Gasteiger partial charge on any atom is -0.349 e. The number of nitrogens with one attached hydrogen (secondary N) is 1. The molecule has 4 heteroatoms. The van der Waals surface area contributed by atoms with Gasteiger partial charge in [-0.05, 0) is 161 Å². The molecule has 3 heterocycles. The molecule has 4 nitrogen and oxygen atoms in total. The number of rotatable bonds is 5. The monoisotopic (exact) mass is 692 g/mol. The highest BCUT2D eigenvalue weighted by Gasteiger charge is 2.48. The van der Waals surface area contributed by atoms with E-state index in [0.717, 1.165) is 24.2 Å². The number of hydrogen-bond donors (Lipinski definition) is 1. The summed E-state index contributed by atoms with van der Waals surface area (Å²) in [6, 6.07) is 12.5. The molecule has 1 aromatic carbocycles. The smallest absolute Gasteiger partial charge is 0.0857 e. The first kappa shape index (κ1) is 33.3. The molecule has 11 unspecified atom stereocenters. The average molecular weight is 693 g/mol. The lowest BCUT2D eigenvalue weighted by Crippen LogP contribution is -2.57. The number of allylic oxidation sites excluding steroid dienone is 6. The zero-order valence-corrected chi connectivity index (χ0v) is 31.3. The number of benzene rings is 1. The Morgan fingerprint density at radius 1 is 0.692 bits per heavy atom. The topological polar surface area (TPSA) is 44.0 Å². The fraction of sp³-hybridized carbons (Fsp3) is 0.604. The summed E-state index contributed by atoms with van der Waals surface area (Å²) in [7, 11) is 0. The summed E-state index contributed by atoms with van der Waals surface area (Å²) in [6.45, 7) is 0. The first-order chi connectivity index (χ1) is 25.8. The van der Waals surface area contributed by atoms with Crippen LogP contribution in [0.3, 0.4) is 0 Å². The van der Waals surface area contributed by atoms with Crippen molar-refractivity contribution in [2.24, 2.45) is 41.4 Å². The first-order valence-corrected chi connectivity index (χ1v) is 21.7. The van der Waals surface area contributed by atoms with Crippen molar-refractivity contribution in [3.63, 3.8) is 0 Å². The molecule has 0 amide bonds. The van der Waals surface area contributed by atoms with E-state index in [-0.39, 0.29) is 5.92 Å². The van der Waals surface area contributed by atoms with Crippen molar-refractivity contribution in [3.05, 3.63) is 94.9 Å². The van der Waals surface area contributed by atoms with Gasteiger partial charge in [0.05, 0.1) is 30.4 Å². The Morgan fingerprint density at radius 3 is 2.44 bits per heavy atom. The van der Waals surface area contributed by atoms with Crippen LogP contribution < -0.4 is 10.2 Å². The Bertz CT molecular complexity index is 1800. The molecule has 6 aliphatic carbocycles. The SMILES string of the molecule is N#CC1C=CC(C2CCCCC2C2C=CCCC2C2CC(N3c4ccccc4C4CCC=CC43)NC(n3c4c(c5c3CCCC5)C=CCC4)C2)CC1. The normalized spacial score (nSPS) is 37.9. The molecular formula is C48H60N4. The third-order valence-electron chi connectivity index (χ3n) is 15.5. The lowest BCUT2D eigenvalue weighted by molar-refractivity contribution is 0.0479. The van der Waals surface area contributed by atoms with Gasteiger partial charge in [0, 0.05) is 23.0 Å². The van der Waals surface area contributed by atoms with E-state index in [1.54, 1.807) is 28.1 Å². The van der Waals surface area contributed by atoms with Crippen LogP contribution in [0.2, 0.25) is 0 Å². The van der Waals surface area contributed by atoms with Gasteiger partial charge >= 0.3 is 0 Å². The summed E-state index contributed by atoms with van der Waals surface area (Å²) in [5, 5.41) is 14.1. The van der Waals surface area contributed by atoms with Crippen molar-refractivity contribution in [2.75, 3.05) is 4.90 Å². The molecule has 0 bridgehead atoms. The van der Waals surface area contributed by atoms with Crippen LogP contribution in [0.5, 0.6) is 0 Å². The summed E-state index contributed by atoms with van der Waals surface area (Å²) < 4.78 is 2.91. The van der Waals surface area contributed by atoms with Crippen LogP contribution in [0.4, 0.5) is 5.69 Å². The largest absolute Gasteiger partial charge is 0.349 e. The molecule has 2 fully saturated rings. The molecule has 52 heavy (non-hydrogen) atoms. The molecular weight excluding hydrogens is 633 g/mol. The van der Waals surface area contributed by atoms with Crippen LogP contribution in [0, 0.1) is 52.8 Å². The van der Waals surface area contributed by atoms with E-state index in [4.69, 9.17) is 0 Å². The molecule has 0 radical (unpaired) electrons. The van der Waals surface area contributed by atoms with Crippen molar-refractivity contribution in [1.82, 2.24) is 9.88 Å². The molecule has 272 valence electrons. The van der Waals surface area contributed by atoms with Crippen molar-refractivity contribution >= 4 is 11.8 Å². The fourth-order valence-corrected chi connectivity index (χ4v) is 13.3. The van der Waals surface area contributed by atoms with Gasteiger partial charge in [0.1, 0.15) is 0 Å². The maximum absolute atomic E-state index is 9.63. The van der Waals surface area contributed by atoms with Crippen LogP contribution in [0.25, 0.3) is 6.08 Å². The molecule has 2 aliphatic heterocycles. The van der Waals surface area contributed by atoms with Gasteiger partial charge in [-0.1, -0.05) is 79.6 Å². The Kier molecular flexibility index (Phi) is 9.07. The zero-order chi connectivity index (χ0) is 34.6. The lowest BCUT2D eigenvalue weighted by atomic mass is 9.58. The van der Waals surface area contributed by atoms with Gasteiger partial charge in [-0.15, -0.1) is 0 Å². The Morgan fingerprint density at radius 2 is 1.54 bits per heavy atom. The highest BCUT2D eigenvalue weighted by molar-refractivity contribution is 5.65. The molecule has 2 aromatic rings. The molecule has 1 N–H and O–H groups in total. The van der Waals surface area contributed by atoms with Crippen LogP contribution in [-0.4, -0.2) is 16.8 Å². The van der Waals surface area contributed by atoms with E-state index in [9.17, 15) is 5.26 Å². The zero-order valence-electron chi connectivity index (χ0n) is 31.3. The molecule has 8 aliphatic rings. The number of hydrogen-bond acceptors (Lipinski definition) is 3. The number of nitrogens with zero attached hydrogens (tertiary/aromatic N) is 3. The minimum atomic E-state index is 0.124. The Labute approximate surface area is 313 Å². The minimum absolute atomic E-state index is 0.124. The van der Waals surface area contributed by atoms with E-state index >= 15 is 0 Å². The highest BCUT2D eigenvalue weighted by atomic mass is 15.4. The van der Waals surface area contributed by atoms with Crippen molar-refractivity contribution in [3.8, 4) is 6.07 Å². The van der Waals surface area contributed by atoms with E-state index in [0.29, 0.717) is 42.0 Å². The van der Waals surface area contributed by atoms with Crippen LogP contribution in [0.1, 0.15) is 136 Å². The standard InChI is InChI=1S/C48H60N4/c49-31-32-25-27-33(28-26-32)35-13-1-3-15-37(35)38-16-4-2-14-36(38)34-29-47(51-43-21-9-5-17-39(43)40-18-6-10-22-44(40)51)50-48(30-34)52-45-23-11-7-19-41(45)42-20-8-12-24-46(42)52/h4-5,7,9-10,16-17,19,21-22,25,27,32-38,40,44,47-48,50H,1-3,6,8,11-15,18,20,23-24,26,28-30H2. The number of anilines is 1.